The van der Waals surface area contributed by atoms with E-state index in [1.54, 1.807) is 6.26 Å². The first-order valence-electron chi connectivity index (χ1n) is 9.22. The maximum Gasteiger partial charge on any atom is 0.225 e. The Kier molecular flexibility index (Phi) is 5.45. The molecule has 0 bridgehead atoms. The summed E-state index contributed by atoms with van der Waals surface area (Å²) in [5.74, 6) is 2.61. The van der Waals surface area contributed by atoms with Gasteiger partial charge in [-0.25, -0.2) is 9.97 Å². The number of hydrogen-bond donors (Lipinski definition) is 2. The van der Waals surface area contributed by atoms with E-state index in [1.165, 1.54) is 0 Å². The lowest BCUT2D eigenvalue weighted by Crippen LogP contribution is -2.22. The average Bonchev–Trinajstić information content (AvgIpc) is 3.19. The second kappa shape index (κ2) is 8.15. The molecule has 1 saturated carbocycles. The Morgan fingerprint density at radius 2 is 2.00 bits per heavy atom. The molecule has 4 rings (SSSR count). The molecule has 1 aliphatic rings. The van der Waals surface area contributed by atoms with E-state index in [2.05, 4.69) is 15.3 Å². The second-order valence-electron chi connectivity index (χ2n) is 6.91. The van der Waals surface area contributed by atoms with Crippen LogP contribution in [0.1, 0.15) is 31.4 Å². The number of fused-ring (bicyclic) bond motifs is 1. The van der Waals surface area contributed by atoms with Crippen molar-refractivity contribution in [1.82, 2.24) is 9.97 Å². The Hall–Kier alpha value is -2.31. The Bertz CT molecular complexity index is 893. The molecular formula is C20H22ClN3O3. The molecule has 0 aliphatic heterocycles. The van der Waals surface area contributed by atoms with Crippen LogP contribution < -0.4 is 10.1 Å². The Morgan fingerprint density at radius 1 is 1.15 bits per heavy atom. The minimum Gasteiger partial charge on any atom is -0.491 e. The predicted octanol–water partition coefficient (Wildman–Crippen LogP) is 4.42. The molecule has 0 amide bonds. The molecule has 7 heteroatoms. The molecule has 1 fully saturated rings. The number of aromatic nitrogens is 2. The highest BCUT2D eigenvalue weighted by Gasteiger charge is 2.20. The standard InChI is InChI=1S/C20H22ClN3O3/c21-20-23-18-16(19(24-20)22-11-15-3-2-10-26-15)4-1-5-17(18)27-12-13-6-8-14(25)9-7-13/h1-5,10,13-14,25H,6-9,11-12H2,(H,22,23,24). The summed E-state index contributed by atoms with van der Waals surface area (Å²) in [6, 6.07) is 9.52. The van der Waals surface area contributed by atoms with Crippen molar-refractivity contribution < 1.29 is 14.3 Å². The average molecular weight is 388 g/mol. The van der Waals surface area contributed by atoms with Crippen LogP contribution in [0.2, 0.25) is 5.28 Å². The summed E-state index contributed by atoms with van der Waals surface area (Å²) in [6.45, 7) is 1.12. The van der Waals surface area contributed by atoms with Crippen LogP contribution in [0.25, 0.3) is 10.9 Å². The normalized spacial score (nSPS) is 19.9. The minimum absolute atomic E-state index is 0.159. The highest BCUT2D eigenvalue weighted by atomic mass is 35.5. The number of hydrogen-bond acceptors (Lipinski definition) is 6. The highest BCUT2D eigenvalue weighted by molar-refractivity contribution is 6.29. The molecule has 1 aliphatic carbocycles. The smallest absolute Gasteiger partial charge is 0.225 e. The van der Waals surface area contributed by atoms with Crippen molar-refractivity contribution in [3.8, 4) is 5.75 Å². The molecule has 6 nitrogen and oxygen atoms in total. The first-order valence-corrected chi connectivity index (χ1v) is 9.60. The van der Waals surface area contributed by atoms with Gasteiger partial charge in [0.05, 0.1) is 25.5 Å². The lowest BCUT2D eigenvalue weighted by Gasteiger charge is -2.25. The molecular weight excluding hydrogens is 366 g/mol. The van der Waals surface area contributed by atoms with Gasteiger partial charge in [0.25, 0.3) is 0 Å². The van der Waals surface area contributed by atoms with Crippen molar-refractivity contribution in [2.75, 3.05) is 11.9 Å². The van der Waals surface area contributed by atoms with Crippen LogP contribution in [0.15, 0.2) is 41.0 Å². The van der Waals surface area contributed by atoms with E-state index in [-0.39, 0.29) is 11.4 Å². The number of furan rings is 1. The Balaban J connectivity index is 1.53. The van der Waals surface area contributed by atoms with Crippen molar-refractivity contribution in [3.63, 3.8) is 0 Å². The number of ether oxygens (including phenoxy) is 1. The Labute approximate surface area is 162 Å². The monoisotopic (exact) mass is 387 g/mol. The van der Waals surface area contributed by atoms with Gasteiger partial charge in [-0.1, -0.05) is 6.07 Å². The third-order valence-electron chi connectivity index (χ3n) is 4.96. The first-order chi connectivity index (χ1) is 13.2. The fourth-order valence-corrected chi connectivity index (χ4v) is 3.62. The molecule has 142 valence electrons. The zero-order valence-corrected chi connectivity index (χ0v) is 15.7. The SMILES string of the molecule is OC1CCC(COc2cccc3c(NCc4ccco4)nc(Cl)nc23)CC1. The van der Waals surface area contributed by atoms with Crippen molar-refractivity contribution in [2.45, 2.75) is 38.3 Å². The third-order valence-corrected chi connectivity index (χ3v) is 5.13. The van der Waals surface area contributed by atoms with Crippen LogP contribution in [-0.4, -0.2) is 27.8 Å². The number of aliphatic hydroxyl groups is 1. The lowest BCUT2D eigenvalue weighted by molar-refractivity contribution is 0.0920. The zero-order chi connectivity index (χ0) is 18.6. The zero-order valence-electron chi connectivity index (χ0n) is 14.9. The van der Waals surface area contributed by atoms with Crippen LogP contribution in [0.4, 0.5) is 5.82 Å². The summed E-state index contributed by atoms with van der Waals surface area (Å²) in [7, 11) is 0. The van der Waals surface area contributed by atoms with Gasteiger partial charge in [0.15, 0.2) is 0 Å². The van der Waals surface area contributed by atoms with Crippen LogP contribution >= 0.6 is 11.6 Å². The van der Waals surface area contributed by atoms with Gasteiger partial charge >= 0.3 is 0 Å². The topological polar surface area (TPSA) is 80.4 Å². The predicted molar refractivity (Wildman–Crippen MR) is 104 cm³/mol. The van der Waals surface area contributed by atoms with Crippen LogP contribution in [-0.2, 0) is 6.54 Å². The van der Waals surface area contributed by atoms with E-state index in [4.69, 9.17) is 20.8 Å². The van der Waals surface area contributed by atoms with Gasteiger partial charge in [-0.05, 0) is 67.5 Å². The maximum absolute atomic E-state index is 9.65. The lowest BCUT2D eigenvalue weighted by atomic mass is 9.88. The van der Waals surface area contributed by atoms with E-state index in [0.29, 0.717) is 36.2 Å². The number of benzene rings is 1. The highest BCUT2D eigenvalue weighted by Crippen LogP contribution is 2.31. The summed E-state index contributed by atoms with van der Waals surface area (Å²) in [6.07, 6.45) is 5.14. The second-order valence-corrected chi connectivity index (χ2v) is 7.25. The number of nitrogens with one attached hydrogen (secondary N) is 1. The number of rotatable bonds is 6. The number of halogens is 1. The number of anilines is 1. The molecule has 2 N–H and O–H groups in total. The fraction of sp³-hybridized carbons (Fsp3) is 0.400. The molecule has 2 aromatic heterocycles. The number of aliphatic hydroxyl groups excluding tert-OH is 1. The number of para-hydroxylation sites is 1. The van der Waals surface area contributed by atoms with Crippen molar-refractivity contribution >= 4 is 28.3 Å². The van der Waals surface area contributed by atoms with E-state index in [1.807, 2.05) is 30.3 Å². The molecule has 3 aromatic rings. The summed E-state index contributed by atoms with van der Waals surface area (Å²) < 4.78 is 11.4. The van der Waals surface area contributed by atoms with Crippen molar-refractivity contribution in [1.29, 1.82) is 0 Å². The van der Waals surface area contributed by atoms with E-state index in [9.17, 15) is 5.11 Å². The van der Waals surface area contributed by atoms with E-state index < -0.39 is 0 Å². The van der Waals surface area contributed by atoms with Crippen LogP contribution in [0.3, 0.4) is 0 Å². The Morgan fingerprint density at radius 3 is 2.78 bits per heavy atom. The molecule has 0 spiro atoms. The molecule has 27 heavy (non-hydrogen) atoms. The largest absolute Gasteiger partial charge is 0.491 e. The van der Waals surface area contributed by atoms with Gasteiger partial charge < -0.3 is 19.6 Å². The van der Waals surface area contributed by atoms with Gasteiger partial charge in [-0.15, -0.1) is 0 Å². The molecule has 0 radical (unpaired) electrons. The molecule has 1 aromatic carbocycles. The fourth-order valence-electron chi connectivity index (χ4n) is 3.45. The first kappa shape index (κ1) is 18.1. The van der Waals surface area contributed by atoms with Gasteiger partial charge in [-0.3, -0.25) is 0 Å². The third kappa shape index (κ3) is 4.34. The maximum atomic E-state index is 9.65. The van der Waals surface area contributed by atoms with Crippen molar-refractivity contribution in [3.05, 3.63) is 47.6 Å². The van der Waals surface area contributed by atoms with E-state index in [0.717, 1.165) is 36.8 Å². The van der Waals surface area contributed by atoms with Crippen molar-refractivity contribution in [2.24, 2.45) is 5.92 Å². The summed E-state index contributed by atoms with van der Waals surface area (Å²) >= 11 is 6.15. The van der Waals surface area contributed by atoms with Gasteiger partial charge in [0.2, 0.25) is 5.28 Å². The summed E-state index contributed by atoms with van der Waals surface area (Å²) in [4.78, 5) is 8.70. The van der Waals surface area contributed by atoms with Crippen LogP contribution in [0, 0.1) is 5.92 Å². The molecule has 0 atom stereocenters. The minimum atomic E-state index is -0.159. The van der Waals surface area contributed by atoms with E-state index >= 15 is 0 Å². The van der Waals surface area contributed by atoms with Gasteiger partial charge in [0.1, 0.15) is 22.8 Å². The number of nitrogens with zero attached hydrogens (tertiary/aromatic N) is 2. The summed E-state index contributed by atoms with van der Waals surface area (Å²) in [5, 5.41) is 13.9. The van der Waals surface area contributed by atoms with Gasteiger partial charge in [-0.2, -0.15) is 0 Å². The van der Waals surface area contributed by atoms with Gasteiger partial charge in [0, 0.05) is 5.39 Å². The summed E-state index contributed by atoms with van der Waals surface area (Å²) in [5.41, 5.74) is 0.690. The quantitative estimate of drug-likeness (QED) is 0.609. The van der Waals surface area contributed by atoms with Crippen LogP contribution in [0.5, 0.6) is 5.75 Å². The molecule has 2 heterocycles. The molecule has 0 unspecified atom stereocenters. The molecule has 0 saturated heterocycles.